The summed E-state index contributed by atoms with van der Waals surface area (Å²) in [6, 6.07) is 2.75. The average molecular weight is 463 g/mol. The van der Waals surface area contributed by atoms with E-state index >= 15 is 0 Å². The highest BCUT2D eigenvalue weighted by molar-refractivity contribution is 6.46. The number of esters is 1. The van der Waals surface area contributed by atoms with Crippen molar-refractivity contribution in [2.45, 2.75) is 20.4 Å². The van der Waals surface area contributed by atoms with Crippen LogP contribution in [-0.4, -0.2) is 27.5 Å². The molecule has 2 rings (SSSR count). The van der Waals surface area contributed by atoms with Crippen molar-refractivity contribution in [3.8, 4) is 0 Å². The predicted molar refractivity (Wildman–Crippen MR) is 111 cm³/mol. The highest BCUT2D eigenvalue weighted by atomic mass is 35.5. The van der Waals surface area contributed by atoms with E-state index in [1.807, 2.05) is 13.8 Å². The monoisotopic (exact) mass is 461 g/mol. The standard InChI is InChI=1S/C18H18Cl3N3O5/c1-8(2)6-24-15(22)13(16(26)23(3)18(24)28)11(25)7-29-17(27)12-9(19)4-5-10(20)14(12)21/h4-5,8H,6-7,22H2,1-3H3. The van der Waals surface area contributed by atoms with Gasteiger partial charge in [-0.3, -0.25) is 18.7 Å². The lowest BCUT2D eigenvalue weighted by molar-refractivity contribution is 0.0474. The molecule has 0 fully saturated rings. The predicted octanol–water partition coefficient (Wildman–Crippen LogP) is 2.79. The van der Waals surface area contributed by atoms with Crippen LogP contribution >= 0.6 is 34.8 Å². The third kappa shape index (κ3) is 4.66. The molecule has 0 saturated heterocycles. The van der Waals surface area contributed by atoms with Gasteiger partial charge in [0.15, 0.2) is 6.61 Å². The van der Waals surface area contributed by atoms with Crippen molar-refractivity contribution < 1.29 is 14.3 Å². The lowest BCUT2D eigenvalue weighted by atomic mass is 10.1. The van der Waals surface area contributed by atoms with Crippen LogP contribution in [0.5, 0.6) is 0 Å². The summed E-state index contributed by atoms with van der Waals surface area (Å²) >= 11 is 17.8. The summed E-state index contributed by atoms with van der Waals surface area (Å²) < 4.78 is 6.86. The lowest BCUT2D eigenvalue weighted by Crippen LogP contribution is -2.43. The smallest absolute Gasteiger partial charge is 0.341 e. The molecule has 11 heteroatoms. The largest absolute Gasteiger partial charge is 0.454 e. The summed E-state index contributed by atoms with van der Waals surface area (Å²) in [5, 5.41) is -0.0662. The van der Waals surface area contributed by atoms with Gasteiger partial charge in [0.2, 0.25) is 5.78 Å². The second kappa shape index (κ2) is 9.02. The molecular weight excluding hydrogens is 445 g/mol. The molecule has 0 aliphatic carbocycles. The molecule has 8 nitrogen and oxygen atoms in total. The zero-order valence-corrected chi connectivity index (χ0v) is 18.1. The molecule has 0 saturated carbocycles. The molecule has 0 amide bonds. The van der Waals surface area contributed by atoms with Crippen LogP contribution in [0.25, 0.3) is 0 Å². The van der Waals surface area contributed by atoms with Crippen molar-refractivity contribution in [2.75, 3.05) is 12.3 Å². The van der Waals surface area contributed by atoms with Gasteiger partial charge in [0.05, 0.1) is 20.6 Å². The van der Waals surface area contributed by atoms with E-state index in [9.17, 15) is 19.2 Å². The van der Waals surface area contributed by atoms with Gasteiger partial charge in [-0.1, -0.05) is 48.7 Å². The van der Waals surface area contributed by atoms with Crippen LogP contribution in [0, 0.1) is 5.92 Å². The first kappa shape index (κ1) is 23.0. The number of aromatic nitrogens is 2. The minimum absolute atomic E-state index is 0.0160. The topological polar surface area (TPSA) is 113 Å². The fraction of sp³-hybridized carbons (Fsp3) is 0.333. The molecule has 0 radical (unpaired) electrons. The van der Waals surface area contributed by atoms with Gasteiger partial charge in [-0.25, -0.2) is 9.59 Å². The summed E-state index contributed by atoms with van der Waals surface area (Å²) in [4.78, 5) is 49.6. The van der Waals surface area contributed by atoms with E-state index in [1.54, 1.807) is 0 Å². The molecule has 0 atom stereocenters. The molecule has 2 aromatic rings. The number of hydrogen-bond donors (Lipinski definition) is 1. The number of rotatable bonds is 6. The molecule has 29 heavy (non-hydrogen) atoms. The van der Waals surface area contributed by atoms with Crippen LogP contribution in [0.3, 0.4) is 0 Å². The van der Waals surface area contributed by atoms with E-state index in [4.69, 9.17) is 45.3 Å². The Balaban J connectivity index is 2.36. The van der Waals surface area contributed by atoms with Crippen molar-refractivity contribution in [3.63, 3.8) is 0 Å². The Morgan fingerprint density at radius 1 is 1.10 bits per heavy atom. The number of nitrogens with zero attached hydrogens (tertiary/aromatic N) is 2. The molecule has 0 aliphatic rings. The molecule has 156 valence electrons. The highest BCUT2D eigenvalue weighted by Gasteiger charge is 2.25. The average Bonchev–Trinajstić information content (AvgIpc) is 2.65. The van der Waals surface area contributed by atoms with E-state index in [1.165, 1.54) is 19.2 Å². The summed E-state index contributed by atoms with van der Waals surface area (Å²) in [5.41, 5.74) is 3.74. The number of halogens is 3. The number of nitrogens with two attached hydrogens (primary N) is 1. The van der Waals surface area contributed by atoms with E-state index < -0.39 is 35.2 Å². The fourth-order valence-electron chi connectivity index (χ4n) is 2.58. The number of carbonyl (C=O) groups excluding carboxylic acids is 2. The molecule has 1 heterocycles. The number of ether oxygens (including phenoxy) is 1. The Morgan fingerprint density at radius 2 is 1.69 bits per heavy atom. The Bertz CT molecular complexity index is 1110. The molecular formula is C18H18Cl3N3O5. The van der Waals surface area contributed by atoms with Crippen LogP contribution in [-0.2, 0) is 18.3 Å². The maximum absolute atomic E-state index is 12.6. The van der Waals surface area contributed by atoms with Crippen molar-refractivity contribution in [3.05, 3.63) is 59.2 Å². The zero-order chi connectivity index (χ0) is 22.0. The first-order valence-corrected chi connectivity index (χ1v) is 9.53. The van der Waals surface area contributed by atoms with E-state index in [0.717, 1.165) is 9.13 Å². The quantitative estimate of drug-likeness (QED) is 0.401. The van der Waals surface area contributed by atoms with Gasteiger partial charge in [-0.2, -0.15) is 0 Å². The normalized spacial score (nSPS) is 11.0. The third-order valence-electron chi connectivity index (χ3n) is 3.99. The number of carbonyl (C=O) groups is 2. The SMILES string of the molecule is CC(C)Cn1c(N)c(C(=O)COC(=O)c2c(Cl)ccc(Cl)c2Cl)c(=O)n(C)c1=O. The minimum Gasteiger partial charge on any atom is -0.454 e. The molecule has 0 unspecified atom stereocenters. The molecule has 0 spiro atoms. The number of benzene rings is 1. The van der Waals surface area contributed by atoms with Crippen LogP contribution in [0.4, 0.5) is 5.82 Å². The van der Waals surface area contributed by atoms with Crippen LogP contribution < -0.4 is 17.0 Å². The van der Waals surface area contributed by atoms with Crippen LogP contribution in [0.15, 0.2) is 21.7 Å². The Labute approximate surface area is 180 Å². The molecule has 0 aliphatic heterocycles. The molecule has 1 aromatic carbocycles. The number of anilines is 1. The summed E-state index contributed by atoms with van der Waals surface area (Å²) in [7, 11) is 1.23. The van der Waals surface area contributed by atoms with Gasteiger partial charge >= 0.3 is 11.7 Å². The Morgan fingerprint density at radius 3 is 2.28 bits per heavy atom. The van der Waals surface area contributed by atoms with E-state index in [-0.39, 0.29) is 38.9 Å². The fourth-order valence-corrected chi connectivity index (χ4v) is 3.26. The molecule has 0 bridgehead atoms. The number of hydrogen-bond acceptors (Lipinski definition) is 6. The summed E-state index contributed by atoms with van der Waals surface area (Å²) in [5.74, 6) is -2.13. The number of nitrogen functional groups attached to an aromatic ring is 1. The second-order valence-electron chi connectivity index (χ2n) is 6.63. The van der Waals surface area contributed by atoms with Crippen molar-refractivity contribution in [1.29, 1.82) is 0 Å². The van der Waals surface area contributed by atoms with E-state index in [0.29, 0.717) is 0 Å². The number of ketones is 1. The van der Waals surface area contributed by atoms with E-state index in [2.05, 4.69) is 0 Å². The minimum atomic E-state index is -0.998. The molecule has 2 N–H and O–H groups in total. The van der Waals surface area contributed by atoms with Crippen LogP contribution in [0.2, 0.25) is 15.1 Å². The maximum Gasteiger partial charge on any atom is 0.341 e. The van der Waals surface area contributed by atoms with Gasteiger partial charge in [-0.15, -0.1) is 0 Å². The third-order valence-corrected chi connectivity index (χ3v) is 5.11. The van der Waals surface area contributed by atoms with Gasteiger partial charge < -0.3 is 10.5 Å². The van der Waals surface area contributed by atoms with Crippen molar-refractivity contribution >= 4 is 52.4 Å². The molecule has 1 aromatic heterocycles. The first-order chi connectivity index (χ1) is 13.5. The summed E-state index contributed by atoms with van der Waals surface area (Å²) in [6.07, 6.45) is 0. The van der Waals surface area contributed by atoms with Crippen molar-refractivity contribution in [1.82, 2.24) is 9.13 Å². The number of Topliss-reactive ketones (excluding diaryl/α,β-unsaturated/α-hetero) is 1. The van der Waals surface area contributed by atoms with Gasteiger partial charge in [0, 0.05) is 13.6 Å². The van der Waals surface area contributed by atoms with Crippen molar-refractivity contribution in [2.24, 2.45) is 13.0 Å². The maximum atomic E-state index is 12.6. The van der Waals surface area contributed by atoms with Gasteiger partial charge in [-0.05, 0) is 18.1 Å². The van der Waals surface area contributed by atoms with Gasteiger partial charge in [0.25, 0.3) is 5.56 Å². The zero-order valence-electron chi connectivity index (χ0n) is 15.8. The second-order valence-corrected chi connectivity index (χ2v) is 7.82. The van der Waals surface area contributed by atoms with Crippen LogP contribution in [0.1, 0.15) is 34.6 Å². The summed E-state index contributed by atoms with van der Waals surface area (Å²) in [6.45, 7) is 3.08. The van der Waals surface area contributed by atoms with Gasteiger partial charge in [0.1, 0.15) is 11.4 Å². The highest BCUT2D eigenvalue weighted by Crippen LogP contribution is 2.31. The lowest BCUT2D eigenvalue weighted by Gasteiger charge is -2.16. The first-order valence-electron chi connectivity index (χ1n) is 8.40. The Kier molecular flexibility index (Phi) is 7.15. The Hall–Kier alpha value is -2.29.